The highest BCUT2D eigenvalue weighted by atomic mass is 16.6. The molecule has 5 nitrogen and oxygen atoms in total. The zero-order valence-corrected chi connectivity index (χ0v) is 12.5. The van der Waals surface area contributed by atoms with Crippen molar-refractivity contribution in [3.05, 3.63) is 0 Å². The summed E-state index contributed by atoms with van der Waals surface area (Å²) in [6, 6.07) is 0. The van der Waals surface area contributed by atoms with Crippen molar-refractivity contribution in [3.8, 4) is 0 Å². The number of carbonyl (C=O) groups excluding carboxylic acids is 1. The van der Waals surface area contributed by atoms with Crippen molar-refractivity contribution >= 4 is 6.09 Å². The molecule has 1 aliphatic heterocycles. The van der Waals surface area contributed by atoms with E-state index in [1.807, 2.05) is 20.8 Å². The molecule has 0 aromatic rings. The van der Waals surface area contributed by atoms with Crippen LogP contribution >= 0.6 is 0 Å². The third-order valence-corrected chi connectivity index (χ3v) is 3.04. The Morgan fingerprint density at radius 3 is 2.58 bits per heavy atom. The molecular formula is C14H28N2O3. The summed E-state index contributed by atoms with van der Waals surface area (Å²) in [5, 5.41) is 6.04. The summed E-state index contributed by atoms with van der Waals surface area (Å²) in [5.74, 6) is 0.792. The molecule has 0 aromatic carbocycles. The molecule has 0 aromatic heterocycles. The van der Waals surface area contributed by atoms with Crippen LogP contribution in [-0.4, -0.2) is 44.5 Å². The number of rotatable bonds is 6. The Bertz CT molecular complexity index is 258. The van der Waals surface area contributed by atoms with Gasteiger partial charge in [-0.1, -0.05) is 0 Å². The predicted octanol–water partition coefficient (Wildman–Crippen LogP) is 1.92. The second-order valence-electron chi connectivity index (χ2n) is 6.02. The third kappa shape index (κ3) is 8.83. The minimum absolute atomic E-state index is 0.380. The number of hydrogen-bond donors (Lipinski definition) is 2. The molecule has 1 amide bonds. The van der Waals surface area contributed by atoms with Gasteiger partial charge in [0.15, 0.2) is 0 Å². The standard InChI is InChI=1S/C14H28N2O3/c1-14(2,3)19-13(17)16-9-11-18-10-6-12-4-7-15-8-5-12/h12,15H,4-11H2,1-3H3,(H,16,17). The minimum atomic E-state index is -0.444. The van der Waals surface area contributed by atoms with E-state index in [1.54, 1.807) is 0 Å². The quantitative estimate of drug-likeness (QED) is 0.725. The number of amides is 1. The number of hydrogen-bond acceptors (Lipinski definition) is 4. The van der Waals surface area contributed by atoms with E-state index in [-0.39, 0.29) is 6.09 Å². The van der Waals surface area contributed by atoms with Gasteiger partial charge in [-0.15, -0.1) is 0 Å². The number of piperidine rings is 1. The zero-order valence-electron chi connectivity index (χ0n) is 12.5. The van der Waals surface area contributed by atoms with Crippen LogP contribution < -0.4 is 10.6 Å². The third-order valence-electron chi connectivity index (χ3n) is 3.04. The summed E-state index contributed by atoms with van der Waals surface area (Å²) in [7, 11) is 0. The first-order chi connectivity index (χ1) is 8.97. The van der Waals surface area contributed by atoms with Gasteiger partial charge in [0.1, 0.15) is 5.60 Å². The molecule has 0 unspecified atom stereocenters. The Morgan fingerprint density at radius 2 is 1.95 bits per heavy atom. The largest absolute Gasteiger partial charge is 0.444 e. The lowest BCUT2D eigenvalue weighted by molar-refractivity contribution is 0.0494. The summed E-state index contributed by atoms with van der Waals surface area (Å²) >= 11 is 0. The van der Waals surface area contributed by atoms with Gasteiger partial charge in [-0.25, -0.2) is 4.79 Å². The Morgan fingerprint density at radius 1 is 1.26 bits per heavy atom. The van der Waals surface area contributed by atoms with Crippen LogP contribution in [0.3, 0.4) is 0 Å². The van der Waals surface area contributed by atoms with E-state index in [2.05, 4.69) is 10.6 Å². The van der Waals surface area contributed by atoms with E-state index < -0.39 is 5.60 Å². The van der Waals surface area contributed by atoms with Gasteiger partial charge in [-0.05, 0) is 59.0 Å². The molecular weight excluding hydrogens is 244 g/mol. The van der Waals surface area contributed by atoms with Crippen LogP contribution in [0.25, 0.3) is 0 Å². The molecule has 19 heavy (non-hydrogen) atoms. The van der Waals surface area contributed by atoms with E-state index in [4.69, 9.17) is 9.47 Å². The van der Waals surface area contributed by atoms with E-state index in [0.717, 1.165) is 32.0 Å². The maximum atomic E-state index is 11.3. The van der Waals surface area contributed by atoms with Gasteiger partial charge >= 0.3 is 6.09 Å². The van der Waals surface area contributed by atoms with E-state index in [1.165, 1.54) is 12.8 Å². The fourth-order valence-corrected chi connectivity index (χ4v) is 2.06. The Kier molecular flexibility index (Phi) is 7.16. The highest BCUT2D eigenvalue weighted by Gasteiger charge is 2.15. The summed E-state index contributed by atoms with van der Waals surface area (Å²) < 4.78 is 10.7. The monoisotopic (exact) mass is 272 g/mol. The lowest BCUT2D eigenvalue weighted by Crippen LogP contribution is -2.34. The lowest BCUT2D eigenvalue weighted by atomic mass is 9.95. The van der Waals surface area contributed by atoms with Gasteiger partial charge in [0, 0.05) is 13.2 Å². The van der Waals surface area contributed by atoms with Gasteiger partial charge in [0.25, 0.3) is 0 Å². The van der Waals surface area contributed by atoms with Crippen molar-refractivity contribution in [2.75, 3.05) is 32.8 Å². The molecule has 1 heterocycles. The van der Waals surface area contributed by atoms with Crippen LogP contribution in [0.5, 0.6) is 0 Å². The number of nitrogens with one attached hydrogen (secondary N) is 2. The van der Waals surface area contributed by atoms with Crippen molar-refractivity contribution in [1.29, 1.82) is 0 Å². The zero-order chi connectivity index (χ0) is 14.1. The van der Waals surface area contributed by atoms with Crippen molar-refractivity contribution in [2.24, 2.45) is 5.92 Å². The fraction of sp³-hybridized carbons (Fsp3) is 0.929. The average molecular weight is 272 g/mol. The minimum Gasteiger partial charge on any atom is -0.444 e. The van der Waals surface area contributed by atoms with Gasteiger partial charge in [-0.3, -0.25) is 0 Å². The smallest absolute Gasteiger partial charge is 0.407 e. The Labute approximate surface area is 116 Å². The van der Waals surface area contributed by atoms with Crippen LogP contribution in [0.4, 0.5) is 4.79 Å². The first kappa shape index (κ1) is 16.2. The lowest BCUT2D eigenvalue weighted by Gasteiger charge is -2.22. The van der Waals surface area contributed by atoms with Crippen molar-refractivity contribution in [1.82, 2.24) is 10.6 Å². The fourth-order valence-electron chi connectivity index (χ4n) is 2.06. The van der Waals surface area contributed by atoms with E-state index in [9.17, 15) is 4.79 Å². The second kappa shape index (κ2) is 8.38. The maximum Gasteiger partial charge on any atom is 0.407 e. The molecule has 2 N–H and O–H groups in total. The highest BCUT2D eigenvalue weighted by molar-refractivity contribution is 5.67. The van der Waals surface area contributed by atoms with Crippen LogP contribution in [-0.2, 0) is 9.47 Å². The van der Waals surface area contributed by atoms with E-state index in [0.29, 0.717) is 13.2 Å². The van der Waals surface area contributed by atoms with Crippen molar-refractivity contribution in [3.63, 3.8) is 0 Å². The van der Waals surface area contributed by atoms with Gasteiger partial charge in [0.05, 0.1) is 6.61 Å². The molecule has 5 heteroatoms. The maximum absolute atomic E-state index is 11.3. The van der Waals surface area contributed by atoms with Crippen molar-refractivity contribution in [2.45, 2.75) is 45.6 Å². The number of alkyl carbamates (subject to hydrolysis) is 1. The molecule has 1 aliphatic rings. The molecule has 0 spiro atoms. The Hall–Kier alpha value is -0.810. The molecule has 1 saturated heterocycles. The second-order valence-corrected chi connectivity index (χ2v) is 6.02. The van der Waals surface area contributed by atoms with Gasteiger partial charge in [0.2, 0.25) is 0 Å². The molecule has 0 aliphatic carbocycles. The molecule has 1 fully saturated rings. The van der Waals surface area contributed by atoms with E-state index >= 15 is 0 Å². The molecule has 0 bridgehead atoms. The first-order valence-corrected chi connectivity index (χ1v) is 7.23. The topological polar surface area (TPSA) is 59.6 Å². The van der Waals surface area contributed by atoms with Crippen LogP contribution in [0.15, 0.2) is 0 Å². The number of ether oxygens (including phenoxy) is 2. The average Bonchev–Trinajstić information content (AvgIpc) is 2.32. The molecule has 1 rings (SSSR count). The summed E-state index contributed by atoms with van der Waals surface area (Å²) in [6.45, 7) is 9.63. The predicted molar refractivity (Wildman–Crippen MR) is 75.3 cm³/mol. The normalized spacial score (nSPS) is 17.2. The van der Waals surface area contributed by atoms with Gasteiger partial charge in [-0.2, -0.15) is 0 Å². The molecule has 0 saturated carbocycles. The highest BCUT2D eigenvalue weighted by Crippen LogP contribution is 2.15. The molecule has 112 valence electrons. The van der Waals surface area contributed by atoms with Crippen molar-refractivity contribution < 1.29 is 14.3 Å². The summed E-state index contributed by atoms with van der Waals surface area (Å²) in [4.78, 5) is 11.3. The Balaban J connectivity index is 1.92. The van der Waals surface area contributed by atoms with Crippen LogP contribution in [0, 0.1) is 5.92 Å². The van der Waals surface area contributed by atoms with Gasteiger partial charge < -0.3 is 20.1 Å². The summed E-state index contributed by atoms with van der Waals surface area (Å²) in [5.41, 5.74) is -0.444. The molecule has 0 atom stereocenters. The van der Waals surface area contributed by atoms with Crippen LogP contribution in [0.1, 0.15) is 40.0 Å². The SMILES string of the molecule is CC(C)(C)OC(=O)NCCOCCC1CCNCC1. The van der Waals surface area contributed by atoms with Crippen LogP contribution in [0.2, 0.25) is 0 Å². The molecule has 0 radical (unpaired) electrons. The number of carbonyl (C=O) groups is 1. The summed E-state index contributed by atoms with van der Waals surface area (Å²) in [6.07, 6.45) is 3.24. The first-order valence-electron chi connectivity index (χ1n) is 7.23.